The number of aliphatic hydroxyl groups excluding tert-OH is 1. The van der Waals surface area contributed by atoms with Crippen molar-refractivity contribution >= 4 is 33.9 Å². The number of benzene rings is 2. The first-order valence-corrected chi connectivity index (χ1v) is 12.0. The Labute approximate surface area is 207 Å². The van der Waals surface area contributed by atoms with Crippen molar-refractivity contribution in [3.05, 3.63) is 70.7 Å². The van der Waals surface area contributed by atoms with Crippen LogP contribution in [0.15, 0.2) is 59.6 Å². The summed E-state index contributed by atoms with van der Waals surface area (Å²) in [5, 5.41) is 13.3. The summed E-state index contributed by atoms with van der Waals surface area (Å²) in [6.07, 6.45) is 3.45. The molecule has 9 heteroatoms. The van der Waals surface area contributed by atoms with Gasteiger partial charge in [-0.3, -0.25) is 14.5 Å². The maximum atomic E-state index is 13.2. The number of rotatable bonds is 9. The highest BCUT2D eigenvalue weighted by Gasteiger charge is 2.48. The van der Waals surface area contributed by atoms with Gasteiger partial charge >= 0.3 is 5.91 Å². The van der Waals surface area contributed by atoms with Gasteiger partial charge in [-0.05, 0) is 36.2 Å². The number of Topliss-reactive ketones (excluding diaryl/α,β-unsaturated/α-hetero) is 1. The number of carbonyl (C=O) groups is 2. The lowest BCUT2D eigenvalue weighted by Crippen LogP contribution is -2.29. The Morgan fingerprint density at radius 3 is 2.63 bits per heavy atom. The molecule has 1 saturated heterocycles. The quantitative estimate of drug-likeness (QED) is 0.194. The van der Waals surface area contributed by atoms with Gasteiger partial charge in [0.1, 0.15) is 11.5 Å². The lowest BCUT2D eigenvalue weighted by Gasteiger charge is -2.24. The zero-order chi connectivity index (χ0) is 24.9. The minimum atomic E-state index is -0.911. The summed E-state index contributed by atoms with van der Waals surface area (Å²) < 4.78 is 16.6. The molecule has 4 rings (SSSR count). The molecule has 0 aliphatic carbocycles. The van der Waals surface area contributed by atoms with Crippen molar-refractivity contribution in [2.45, 2.75) is 25.8 Å². The summed E-state index contributed by atoms with van der Waals surface area (Å²) in [4.78, 5) is 32.0. The first kappa shape index (κ1) is 24.3. The fourth-order valence-electron chi connectivity index (χ4n) is 3.91. The molecular formula is C26H26N2O6S. The van der Waals surface area contributed by atoms with Gasteiger partial charge in [-0.25, -0.2) is 4.98 Å². The molecule has 3 aromatic rings. The van der Waals surface area contributed by atoms with Gasteiger partial charge in [0, 0.05) is 17.1 Å². The van der Waals surface area contributed by atoms with E-state index >= 15 is 0 Å². The van der Waals surface area contributed by atoms with Crippen LogP contribution in [-0.2, 0) is 9.59 Å². The number of ketones is 1. The first-order chi connectivity index (χ1) is 17.0. The molecule has 2 heterocycles. The van der Waals surface area contributed by atoms with Gasteiger partial charge in [-0.1, -0.05) is 31.5 Å². The number of nitrogens with zero attached hydrogens (tertiary/aromatic N) is 2. The normalized spacial score (nSPS) is 17.0. The number of anilines is 1. The van der Waals surface area contributed by atoms with Gasteiger partial charge in [-0.2, -0.15) is 0 Å². The number of thiazole rings is 1. The molecule has 1 fully saturated rings. The molecule has 1 aliphatic rings. The Hall–Kier alpha value is -3.85. The van der Waals surface area contributed by atoms with Crippen LogP contribution in [0.25, 0.3) is 5.76 Å². The van der Waals surface area contributed by atoms with Crippen LogP contribution in [-0.4, -0.2) is 42.6 Å². The smallest absolute Gasteiger partial charge is 0.301 e. The molecule has 1 aliphatic heterocycles. The SMILES string of the molecule is CCCCOc1ccc(C2/C(=C(\O)c3cccc(OC)c3)C(=O)C(=O)N2c2nccs2)cc1OC. The van der Waals surface area contributed by atoms with Crippen LogP contribution in [0.4, 0.5) is 5.13 Å². The number of aromatic nitrogens is 1. The second-order valence-electron chi connectivity index (χ2n) is 7.83. The van der Waals surface area contributed by atoms with Crippen LogP contribution < -0.4 is 19.1 Å². The summed E-state index contributed by atoms with van der Waals surface area (Å²) in [6, 6.07) is 11.0. The van der Waals surface area contributed by atoms with Gasteiger partial charge in [0.2, 0.25) is 0 Å². The average molecular weight is 495 g/mol. The summed E-state index contributed by atoms with van der Waals surface area (Å²) in [6.45, 7) is 2.62. The standard InChI is InChI=1S/C26H26N2O6S/c1-4-5-12-34-19-10-9-16(15-20(19)33-3)22-21(23(29)17-7-6-8-18(14-17)32-2)24(30)25(31)28(22)26-27-11-13-35-26/h6-11,13-15,22,29H,4-5,12H2,1-3H3/b23-21+. The maximum Gasteiger partial charge on any atom is 0.301 e. The molecular weight excluding hydrogens is 468 g/mol. The monoisotopic (exact) mass is 494 g/mol. The molecule has 1 unspecified atom stereocenters. The molecule has 0 spiro atoms. The Morgan fingerprint density at radius 1 is 1.11 bits per heavy atom. The van der Waals surface area contributed by atoms with Gasteiger partial charge in [0.15, 0.2) is 16.6 Å². The van der Waals surface area contributed by atoms with Crippen molar-refractivity contribution < 1.29 is 28.9 Å². The van der Waals surface area contributed by atoms with Crippen molar-refractivity contribution in [2.24, 2.45) is 0 Å². The summed E-state index contributed by atoms with van der Waals surface area (Å²) >= 11 is 1.23. The second-order valence-corrected chi connectivity index (χ2v) is 8.70. The van der Waals surface area contributed by atoms with E-state index in [9.17, 15) is 14.7 Å². The van der Waals surface area contributed by atoms with E-state index < -0.39 is 17.7 Å². The number of hydrogen-bond acceptors (Lipinski definition) is 8. The van der Waals surface area contributed by atoms with E-state index in [0.29, 0.717) is 40.1 Å². The Balaban J connectivity index is 1.86. The van der Waals surface area contributed by atoms with E-state index in [0.717, 1.165) is 12.8 Å². The largest absolute Gasteiger partial charge is 0.507 e. The molecule has 35 heavy (non-hydrogen) atoms. The molecule has 1 N–H and O–H groups in total. The molecule has 1 aromatic heterocycles. The molecule has 8 nitrogen and oxygen atoms in total. The predicted molar refractivity (Wildman–Crippen MR) is 133 cm³/mol. The number of unbranched alkanes of at least 4 members (excludes halogenated alkanes) is 1. The van der Waals surface area contributed by atoms with E-state index in [-0.39, 0.29) is 11.3 Å². The number of ether oxygens (including phenoxy) is 3. The molecule has 1 atom stereocenters. The number of carbonyl (C=O) groups excluding carboxylic acids is 2. The van der Waals surface area contributed by atoms with Crippen molar-refractivity contribution in [1.29, 1.82) is 0 Å². The van der Waals surface area contributed by atoms with Crippen LogP contribution in [0.2, 0.25) is 0 Å². The summed E-state index contributed by atoms with van der Waals surface area (Å²) in [5.41, 5.74) is 0.890. The summed E-state index contributed by atoms with van der Waals surface area (Å²) in [5.74, 6) is -0.332. The third-order valence-electron chi connectivity index (χ3n) is 5.67. The molecule has 0 radical (unpaired) electrons. The molecule has 1 amide bonds. The molecule has 0 bridgehead atoms. The zero-order valence-corrected chi connectivity index (χ0v) is 20.5. The first-order valence-electron chi connectivity index (χ1n) is 11.2. The molecule has 0 saturated carbocycles. The van der Waals surface area contributed by atoms with Crippen LogP contribution in [0.5, 0.6) is 17.2 Å². The Kier molecular flexibility index (Phi) is 7.36. The Bertz CT molecular complexity index is 1250. The number of aliphatic hydroxyl groups is 1. The minimum absolute atomic E-state index is 0.0415. The third kappa shape index (κ3) is 4.72. The predicted octanol–water partition coefficient (Wildman–Crippen LogP) is 4.97. The minimum Gasteiger partial charge on any atom is -0.507 e. The lowest BCUT2D eigenvalue weighted by atomic mass is 9.95. The number of methoxy groups -OCH3 is 2. The second kappa shape index (κ2) is 10.6. The van der Waals surface area contributed by atoms with E-state index in [1.165, 1.54) is 30.5 Å². The van der Waals surface area contributed by atoms with E-state index in [1.54, 1.807) is 54.0 Å². The van der Waals surface area contributed by atoms with Gasteiger partial charge in [-0.15, -0.1) is 11.3 Å². The average Bonchev–Trinajstić information content (AvgIpc) is 3.50. The van der Waals surface area contributed by atoms with Gasteiger partial charge in [0.05, 0.1) is 32.4 Å². The fraction of sp³-hybridized carbons (Fsp3) is 0.269. The van der Waals surface area contributed by atoms with Crippen molar-refractivity contribution in [2.75, 3.05) is 25.7 Å². The molecule has 2 aromatic carbocycles. The van der Waals surface area contributed by atoms with Crippen molar-refractivity contribution in [3.8, 4) is 17.2 Å². The van der Waals surface area contributed by atoms with Crippen LogP contribution in [0.3, 0.4) is 0 Å². The maximum absolute atomic E-state index is 13.2. The summed E-state index contributed by atoms with van der Waals surface area (Å²) in [7, 11) is 3.04. The van der Waals surface area contributed by atoms with Gasteiger partial charge in [0.25, 0.3) is 5.78 Å². The Morgan fingerprint density at radius 2 is 1.94 bits per heavy atom. The highest BCUT2D eigenvalue weighted by molar-refractivity contribution is 7.14. The highest BCUT2D eigenvalue weighted by Crippen LogP contribution is 2.44. The number of hydrogen-bond donors (Lipinski definition) is 1. The van der Waals surface area contributed by atoms with Crippen LogP contribution in [0, 0.1) is 0 Å². The van der Waals surface area contributed by atoms with Crippen molar-refractivity contribution in [3.63, 3.8) is 0 Å². The van der Waals surface area contributed by atoms with Crippen molar-refractivity contribution in [1.82, 2.24) is 4.98 Å². The van der Waals surface area contributed by atoms with E-state index in [4.69, 9.17) is 14.2 Å². The highest BCUT2D eigenvalue weighted by atomic mass is 32.1. The van der Waals surface area contributed by atoms with E-state index in [2.05, 4.69) is 11.9 Å². The van der Waals surface area contributed by atoms with Gasteiger partial charge < -0.3 is 19.3 Å². The molecule has 182 valence electrons. The zero-order valence-electron chi connectivity index (χ0n) is 19.7. The topological polar surface area (TPSA) is 98.2 Å². The lowest BCUT2D eigenvalue weighted by molar-refractivity contribution is -0.132. The van der Waals surface area contributed by atoms with Crippen LogP contribution >= 0.6 is 11.3 Å². The fourth-order valence-corrected chi connectivity index (χ4v) is 4.57. The van der Waals surface area contributed by atoms with Crippen LogP contribution in [0.1, 0.15) is 36.9 Å². The number of amides is 1. The van der Waals surface area contributed by atoms with E-state index in [1.807, 2.05) is 0 Å². The third-order valence-corrected chi connectivity index (χ3v) is 6.44.